The third-order valence-electron chi connectivity index (χ3n) is 5.49. The second-order valence-electron chi connectivity index (χ2n) is 7.06. The minimum atomic E-state index is -0.905. The number of ether oxygens (including phenoxy) is 2. The fraction of sp³-hybridized carbons (Fsp3) is 0.333. The van der Waals surface area contributed by atoms with Crippen LogP contribution in [0, 0.1) is 5.82 Å². The minimum Gasteiger partial charge on any atom is -0.342 e. The van der Waals surface area contributed by atoms with Crippen LogP contribution in [0.15, 0.2) is 42.5 Å². The molecule has 27 heavy (non-hydrogen) atoms. The molecule has 1 saturated heterocycles. The number of hydrogen-bond acceptors (Lipinski definition) is 3. The SMILES string of the molecule is Fc1ccc(C2(Cn3c4c(c5cc(Cl)ccc53)CNCC4)OCCO2)cc1. The maximum atomic E-state index is 13.4. The van der Waals surface area contributed by atoms with Gasteiger partial charge >= 0.3 is 0 Å². The normalized spacial score (nSPS) is 18.7. The van der Waals surface area contributed by atoms with E-state index in [0.717, 1.165) is 41.0 Å². The number of fused-ring (bicyclic) bond motifs is 3. The third kappa shape index (κ3) is 2.86. The molecule has 0 saturated carbocycles. The van der Waals surface area contributed by atoms with Gasteiger partial charge < -0.3 is 19.4 Å². The Balaban J connectivity index is 1.65. The summed E-state index contributed by atoms with van der Waals surface area (Å²) in [4.78, 5) is 0. The number of halogens is 2. The molecule has 3 aromatic rings. The molecule has 2 aromatic carbocycles. The van der Waals surface area contributed by atoms with E-state index in [1.165, 1.54) is 23.4 Å². The zero-order chi connectivity index (χ0) is 18.4. The van der Waals surface area contributed by atoms with Gasteiger partial charge in [-0.05, 0) is 35.9 Å². The molecule has 140 valence electrons. The largest absolute Gasteiger partial charge is 0.342 e. The van der Waals surface area contributed by atoms with E-state index in [1.54, 1.807) is 12.1 Å². The first kappa shape index (κ1) is 17.2. The van der Waals surface area contributed by atoms with Crippen molar-refractivity contribution in [3.63, 3.8) is 0 Å². The topological polar surface area (TPSA) is 35.4 Å². The van der Waals surface area contributed by atoms with Gasteiger partial charge in [0.2, 0.25) is 5.79 Å². The van der Waals surface area contributed by atoms with Crippen LogP contribution < -0.4 is 5.32 Å². The zero-order valence-electron chi connectivity index (χ0n) is 14.8. The molecule has 1 N–H and O–H groups in total. The average Bonchev–Trinajstić information content (AvgIpc) is 3.27. The van der Waals surface area contributed by atoms with Crippen LogP contribution in [0.3, 0.4) is 0 Å². The van der Waals surface area contributed by atoms with Crippen molar-refractivity contribution in [1.29, 1.82) is 0 Å². The number of nitrogens with one attached hydrogen (secondary N) is 1. The molecule has 0 atom stereocenters. The van der Waals surface area contributed by atoms with Gasteiger partial charge in [0.15, 0.2) is 0 Å². The molecule has 5 rings (SSSR count). The fourth-order valence-corrected chi connectivity index (χ4v) is 4.42. The number of nitrogens with zero attached hydrogens (tertiary/aromatic N) is 1. The number of aromatic nitrogens is 1. The quantitative estimate of drug-likeness (QED) is 0.739. The smallest absolute Gasteiger partial charge is 0.213 e. The molecule has 3 heterocycles. The van der Waals surface area contributed by atoms with E-state index in [9.17, 15) is 4.39 Å². The van der Waals surface area contributed by atoms with E-state index in [2.05, 4.69) is 16.0 Å². The van der Waals surface area contributed by atoms with E-state index in [0.29, 0.717) is 19.8 Å². The first-order valence-corrected chi connectivity index (χ1v) is 9.58. The molecule has 0 spiro atoms. The van der Waals surface area contributed by atoms with Crippen molar-refractivity contribution >= 4 is 22.5 Å². The van der Waals surface area contributed by atoms with Crippen molar-refractivity contribution in [3.8, 4) is 0 Å². The highest BCUT2D eigenvalue weighted by atomic mass is 35.5. The Labute approximate surface area is 161 Å². The summed E-state index contributed by atoms with van der Waals surface area (Å²) >= 11 is 6.26. The van der Waals surface area contributed by atoms with E-state index < -0.39 is 5.79 Å². The van der Waals surface area contributed by atoms with E-state index in [4.69, 9.17) is 21.1 Å². The highest BCUT2D eigenvalue weighted by Gasteiger charge is 2.40. The Morgan fingerprint density at radius 3 is 2.67 bits per heavy atom. The highest BCUT2D eigenvalue weighted by molar-refractivity contribution is 6.31. The van der Waals surface area contributed by atoms with Gasteiger partial charge in [-0.1, -0.05) is 23.7 Å². The molecule has 2 aliphatic rings. The maximum Gasteiger partial charge on any atom is 0.213 e. The molecule has 4 nitrogen and oxygen atoms in total. The van der Waals surface area contributed by atoms with Gasteiger partial charge in [-0.25, -0.2) is 4.39 Å². The Hall–Kier alpha value is -1.92. The van der Waals surface area contributed by atoms with Gasteiger partial charge in [-0.15, -0.1) is 0 Å². The predicted molar refractivity (Wildman–Crippen MR) is 102 cm³/mol. The lowest BCUT2D eigenvalue weighted by atomic mass is 10.0. The van der Waals surface area contributed by atoms with Crippen LogP contribution >= 0.6 is 11.6 Å². The lowest BCUT2D eigenvalue weighted by molar-refractivity contribution is -0.175. The molecule has 0 aliphatic carbocycles. The fourth-order valence-electron chi connectivity index (χ4n) is 4.25. The Morgan fingerprint density at radius 2 is 1.89 bits per heavy atom. The summed E-state index contributed by atoms with van der Waals surface area (Å²) in [7, 11) is 0. The Kier molecular flexibility index (Phi) is 4.20. The predicted octanol–water partition coefficient (Wildman–Crippen LogP) is 3.98. The number of hydrogen-bond donors (Lipinski definition) is 1. The summed E-state index contributed by atoms with van der Waals surface area (Å²) in [6.45, 7) is 3.32. The molecular formula is C21H20ClFN2O2. The van der Waals surface area contributed by atoms with Gasteiger partial charge in [-0.3, -0.25) is 0 Å². The standard InChI is InChI=1S/C21H20ClFN2O2/c22-15-3-6-19-17(11-15)18-12-24-8-7-20(18)25(19)13-21(26-9-10-27-21)14-1-4-16(23)5-2-14/h1-6,11,24H,7-10,12-13H2. The molecule has 2 aliphatic heterocycles. The first-order valence-electron chi connectivity index (χ1n) is 9.20. The second-order valence-corrected chi connectivity index (χ2v) is 7.49. The molecule has 6 heteroatoms. The average molecular weight is 387 g/mol. The van der Waals surface area contributed by atoms with Crippen molar-refractivity contribution in [2.75, 3.05) is 19.8 Å². The zero-order valence-corrected chi connectivity index (χ0v) is 15.6. The van der Waals surface area contributed by atoms with Crippen LogP contribution in [-0.4, -0.2) is 24.3 Å². The van der Waals surface area contributed by atoms with Crippen LogP contribution in [-0.2, 0) is 34.8 Å². The minimum absolute atomic E-state index is 0.267. The molecule has 0 radical (unpaired) electrons. The molecule has 1 aromatic heterocycles. The van der Waals surface area contributed by atoms with Crippen molar-refractivity contribution in [2.24, 2.45) is 0 Å². The van der Waals surface area contributed by atoms with Crippen LogP contribution in [0.5, 0.6) is 0 Å². The lowest BCUT2D eigenvalue weighted by Crippen LogP contribution is -2.34. The van der Waals surface area contributed by atoms with E-state index >= 15 is 0 Å². The summed E-state index contributed by atoms with van der Waals surface area (Å²) in [6, 6.07) is 12.4. The van der Waals surface area contributed by atoms with E-state index in [-0.39, 0.29) is 5.82 Å². The van der Waals surface area contributed by atoms with Gasteiger partial charge in [0.25, 0.3) is 0 Å². The summed E-state index contributed by atoms with van der Waals surface area (Å²) in [5.74, 6) is -1.17. The summed E-state index contributed by atoms with van der Waals surface area (Å²) < 4.78 is 27.9. The Morgan fingerprint density at radius 1 is 1.11 bits per heavy atom. The summed E-state index contributed by atoms with van der Waals surface area (Å²) in [5, 5.41) is 5.34. The molecule has 0 bridgehead atoms. The van der Waals surface area contributed by atoms with Crippen molar-refractivity contribution in [3.05, 3.63) is 70.1 Å². The van der Waals surface area contributed by atoms with Gasteiger partial charge in [0.05, 0.1) is 19.8 Å². The molecule has 0 amide bonds. The van der Waals surface area contributed by atoms with Gasteiger partial charge in [-0.2, -0.15) is 0 Å². The lowest BCUT2D eigenvalue weighted by Gasteiger charge is -2.30. The van der Waals surface area contributed by atoms with Crippen LogP contribution in [0.25, 0.3) is 10.9 Å². The van der Waals surface area contributed by atoms with Crippen molar-refractivity contribution in [2.45, 2.75) is 25.3 Å². The van der Waals surface area contributed by atoms with Crippen LogP contribution in [0.1, 0.15) is 16.8 Å². The number of rotatable bonds is 3. The van der Waals surface area contributed by atoms with E-state index in [1.807, 2.05) is 12.1 Å². The van der Waals surface area contributed by atoms with Crippen LogP contribution in [0.4, 0.5) is 4.39 Å². The first-order chi connectivity index (χ1) is 13.2. The van der Waals surface area contributed by atoms with Crippen LogP contribution in [0.2, 0.25) is 5.02 Å². The Bertz CT molecular complexity index is 994. The summed E-state index contributed by atoms with van der Waals surface area (Å²) in [6.07, 6.45) is 0.932. The third-order valence-corrected chi connectivity index (χ3v) is 5.73. The van der Waals surface area contributed by atoms with Crippen molar-refractivity contribution in [1.82, 2.24) is 9.88 Å². The monoisotopic (exact) mass is 386 g/mol. The highest BCUT2D eigenvalue weighted by Crippen LogP contribution is 2.38. The van der Waals surface area contributed by atoms with Gasteiger partial charge in [0.1, 0.15) is 5.82 Å². The second kappa shape index (κ2) is 6.60. The van der Waals surface area contributed by atoms with Crippen molar-refractivity contribution < 1.29 is 13.9 Å². The molecular weight excluding hydrogens is 367 g/mol. The number of benzene rings is 2. The molecule has 0 unspecified atom stereocenters. The maximum absolute atomic E-state index is 13.4. The molecule has 1 fully saturated rings. The van der Waals surface area contributed by atoms with Gasteiger partial charge in [0, 0.05) is 46.7 Å². The summed E-state index contributed by atoms with van der Waals surface area (Å²) in [5.41, 5.74) is 4.52.